The fraction of sp³-hybridized carbons (Fsp3) is 0.846. The Balaban J connectivity index is 1.95. The van der Waals surface area contributed by atoms with Crippen LogP contribution in [0, 0.1) is 11.8 Å². The SMILES string of the molecule is CC1CN(C(=O)N(C)C2CCCC2)CC1C(=O)O. The molecule has 0 spiro atoms. The van der Waals surface area contributed by atoms with E-state index in [1.807, 2.05) is 18.9 Å². The van der Waals surface area contributed by atoms with Crippen molar-refractivity contribution in [1.29, 1.82) is 0 Å². The van der Waals surface area contributed by atoms with Gasteiger partial charge in [-0.3, -0.25) is 4.79 Å². The van der Waals surface area contributed by atoms with E-state index in [4.69, 9.17) is 5.11 Å². The number of hydrogen-bond acceptors (Lipinski definition) is 2. The number of likely N-dealkylation sites (tertiary alicyclic amines) is 1. The molecule has 1 saturated heterocycles. The number of carbonyl (C=O) groups is 2. The normalized spacial score (nSPS) is 28.7. The Morgan fingerprint density at radius 1 is 1.22 bits per heavy atom. The zero-order valence-corrected chi connectivity index (χ0v) is 11.1. The molecular weight excluding hydrogens is 232 g/mol. The van der Waals surface area contributed by atoms with E-state index in [1.165, 1.54) is 12.8 Å². The lowest BCUT2D eigenvalue weighted by Gasteiger charge is -2.29. The third-order valence-corrected chi connectivity index (χ3v) is 4.37. The second-order valence-corrected chi connectivity index (χ2v) is 5.66. The summed E-state index contributed by atoms with van der Waals surface area (Å²) < 4.78 is 0. The molecule has 2 aliphatic rings. The minimum absolute atomic E-state index is 0.00231. The van der Waals surface area contributed by atoms with Crippen molar-refractivity contribution >= 4 is 12.0 Å². The summed E-state index contributed by atoms with van der Waals surface area (Å²) in [5.74, 6) is -1.16. The minimum atomic E-state index is -0.790. The summed E-state index contributed by atoms with van der Waals surface area (Å²) >= 11 is 0. The Kier molecular flexibility index (Phi) is 3.78. The second-order valence-electron chi connectivity index (χ2n) is 5.66. The van der Waals surface area contributed by atoms with Gasteiger partial charge in [-0.2, -0.15) is 0 Å². The molecule has 2 atom stereocenters. The van der Waals surface area contributed by atoms with Crippen molar-refractivity contribution in [3.8, 4) is 0 Å². The van der Waals surface area contributed by atoms with Gasteiger partial charge < -0.3 is 14.9 Å². The lowest BCUT2D eigenvalue weighted by Crippen LogP contribution is -2.44. The first-order valence-electron chi connectivity index (χ1n) is 6.75. The molecule has 2 rings (SSSR count). The van der Waals surface area contributed by atoms with Crippen LogP contribution in [0.25, 0.3) is 0 Å². The van der Waals surface area contributed by atoms with Crippen LogP contribution in [-0.4, -0.2) is 53.1 Å². The molecule has 0 radical (unpaired) electrons. The van der Waals surface area contributed by atoms with Crippen LogP contribution in [0.4, 0.5) is 4.79 Å². The van der Waals surface area contributed by atoms with Crippen LogP contribution in [0.2, 0.25) is 0 Å². The Bertz CT molecular complexity index is 339. The van der Waals surface area contributed by atoms with E-state index in [-0.39, 0.29) is 11.9 Å². The highest BCUT2D eigenvalue weighted by molar-refractivity contribution is 5.77. The zero-order valence-electron chi connectivity index (χ0n) is 11.1. The van der Waals surface area contributed by atoms with Gasteiger partial charge in [0.1, 0.15) is 0 Å². The van der Waals surface area contributed by atoms with Gasteiger partial charge in [-0.1, -0.05) is 19.8 Å². The van der Waals surface area contributed by atoms with Crippen molar-refractivity contribution in [2.24, 2.45) is 11.8 Å². The summed E-state index contributed by atoms with van der Waals surface area (Å²) in [5, 5.41) is 9.08. The molecule has 102 valence electrons. The predicted molar refractivity (Wildman–Crippen MR) is 67.3 cm³/mol. The summed E-state index contributed by atoms with van der Waals surface area (Å²) in [7, 11) is 1.84. The molecule has 1 saturated carbocycles. The van der Waals surface area contributed by atoms with E-state index in [2.05, 4.69) is 0 Å². The molecule has 2 fully saturated rings. The Labute approximate surface area is 108 Å². The highest BCUT2D eigenvalue weighted by Gasteiger charge is 2.39. The van der Waals surface area contributed by atoms with Crippen molar-refractivity contribution in [3.05, 3.63) is 0 Å². The van der Waals surface area contributed by atoms with E-state index in [9.17, 15) is 9.59 Å². The quantitative estimate of drug-likeness (QED) is 0.814. The fourth-order valence-corrected chi connectivity index (χ4v) is 3.12. The molecule has 1 N–H and O–H groups in total. The van der Waals surface area contributed by atoms with Crippen LogP contribution in [0.15, 0.2) is 0 Å². The van der Waals surface area contributed by atoms with Crippen molar-refractivity contribution in [3.63, 3.8) is 0 Å². The third-order valence-electron chi connectivity index (χ3n) is 4.37. The van der Waals surface area contributed by atoms with E-state index in [0.717, 1.165) is 12.8 Å². The average molecular weight is 254 g/mol. The van der Waals surface area contributed by atoms with Crippen LogP contribution < -0.4 is 0 Å². The van der Waals surface area contributed by atoms with Crippen molar-refractivity contribution < 1.29 is 14.7 Å². The van der Waals surface area contributed by atoms with E-state index in [0.29, 0.717) is 19.1 Å². The maximum absolute atomic E-state index is 12.3. The number of aliphatic carboxylic acids is 1. The molecule has 0 bridgehead atoms. The van der Waals surface area contributed by atoms with Gasteiger partial charge in [0, 0.05) is 26.2 Å². The number of nitrogens with zero attached hydrogens (tertiary/aromatic N) is 2. The number of carbonyl (C=O) groups excluding carboxylic acids is 1. The van der Waals surface area contributed by atoms with Crippen molar-refractivity contribution in [2.45, 2.75) is 38.6 Å². The van der Waals surface area contributed by atoms with Gasteiger partial charge in [0.25, 0.3) is 0 Å². The molecule has 0 aromatic carbocycles. The Hall–Kier alpha value is -1.26. The van der Waals surface area contributed by atoms with E-state index in [1.54, 1.807) is 4.90 Å². The summed E-state index contributed by atoms with van der Waals surface area (Å²) in [6.07, 6.45) is 4.54. The molecule has 1 aliphatic carbocycles. The molecule has 5 heteroatoms. The van der Waals surface area contributed by atoms with Gasteiger partial charge >= 0.3 is 12.0 Å². The van der Waals surface area contributed by atoms with Crippen LogP contribution >= 0.6 is 0 Å². The maximum atomic E-state index is 12.3. The second kappa shape index (κ2) is 5.16. The topological polar surface area (TPSA) is 60.9 Å². The number of rotatable bonds is 2. The van der Waals surface area contributed by atoms with Crippen LogP contribution in [-0.2, 0) is 4.79 Å². The van der Waals surface area contributed by atoms with E-state index < -0.39 is 11.9 Å². The predicted octanol–water partition coefficient (Wildman–Crippen LogP) is 1.63. The summed E-state index contributed by atoms with van der Waals surface area (Å²) in [6, 6.07) is 0.342. The summed E-state index contributed by atoms with van der Waals surface area (Å²) in [5.41, 5.74) is 0. The summed E-state index contributed by atoms with van der Waals surface area (Å²) in [4.78, 5) is 26.9. The smallest absolute Gasteiger partial charge is 0.320 e. The minimum Gasteiger partial charge on any atom is -0.481 e. The standard InChI is InChI=1S/C13H22N2O3/c1-9-7-15(8-11(9)12(16)17)13(18)14(2)10-5-3-4-6-10/h9-11H,3-8H2,1-2H3,(H,16,17). The fourth-order valence-electron chi connectivity index (χ4n) is 3.12. The third kappa shape index (κ3) is 2.44. The highest BCUT2D eigenvalue weighted by Crippen LogP contribution is 2.27. The molecule has 2 unspecified atom stereocenters. The molecule has 2 amide bonds. The van der Waals surface area contributed by atoms with E-state index >= 15 is 0 Å². The van der Waals surface area contributed by atoms with Gasteiger partial charge in [-0.25, -0.2) is 4.79 Å². The average Bonchev–Trinajstić information content (AvgIpc) is 2.95. The van der Waals surface area contributed by atoms with Crippen molar-refractivity contribution in [2.75, 3.05) is 20.1 Å². The van der Waals surface area contributed by atoms with Gasteiger partial charge in [-0.05, 0) is 18.8 Å². The molecule has 0 aromatic heterocycles. The number of amides is 2. The molecule has 1 heterocycles. The molecule has 5 nitrogen and oxygen atoms in total. The number of urea groups is 1. The Morgan fingerprint density at radius 3 is 2.33 bits per heavy atom. The molecular formula is C13H22N2O3. The van der Waals surface area contributed by atoms with Gasteiger partial charge in [0.15, 0.2) is 0 Å². The van der Waals surface area contributed by atoms with Gasteiger partial charge in [0.05, 0.1) is 5.92 Å². The monoisotopic (exact) mass is 254 g/mol. The van der Waals surface area contributed by atoms with Crippen LogP contribution in [0.3, 0.4) is 0 Å². The lowest BCUT2D eigenvalue weighted by molar-refractivity contribution is -0.142. The van der Waals surface area contributed by atoms with Crippen LogP contribution in [0.5, 0.6) is 0 Å². The molecule has 18 heavy (non-hydrogen) atoms. The zero-order chi connectivity index (χ0) is 13.3. The maximum Gasteiger partial charge on any atom is 0.320 e. The number of hydrogen-bond donors (Lipinski definition) is 1. The lowest BCUT2D eigenvalue weighted by atomic mass is 9.99. The molecule has 1 aliphatic heterocycles. The largest absolute Gasteiger partial charge is 0.481 e. The van der Waals surface area contributed by atoms with Gasteiger partial charge in [0.2, 0.25) is 0 Å². The highest BCUT2D eigenvalue weighted by atomic mass is 16.4. The van der Waals surface area contributed by atoms with Crippen molar-refractivity contribution in [1.82, 2.24) is 9.80 Å². The number of carboxylic acids is 1. The first-order chi connectivity index (χ1) is 8.50. The number of carboxylic acid groups (broad SMARTS) is 1. The first-order valence-corrected chi connectivity index (χ1v) is 6.75. The van der Waals surface area contributed by atoms with Gasteiger partial charge in [-0.15, -0.1) is 0 Å². The summed E-state index contributed by atoms with van der Waals surface area (Å²) in [6.45, 7) is 2.82. The Morgan fingerprint density at radius 2 is 1.83 bits per heavy atom. The first kappa shape index (κ1) is 13.2. The molecule has 0 aromatic rings. The van der Waals surface area contributed by atoms with Crippen LogP contribution in [0.1, 0.15) is 32.6 Å².